The Morgan fingerprint density at radius 1 is 1.00 bits per heavy atom. The van der Waals surface area contributed by atoms with E-state index >= 15 is 0 Å². The molecule has 0 aliphatic rings. The molecule has 0 aliphatic heterocycles. The van der Waals surface area contributed by atoms with Crippen molar-refractivity contribution in [2.75, 3.05) is 0 Å². The molecular weight excluding hydrogens is 180 g/mol. The third-order valence-corrected chi connectivity index (χ3v) is 0. The van der Waals surface area contributed by atoms with Gasteiger partial charge in [-0.3, -0.25) is 0 Å². The minimum absolute atomic E-state index is 0. The van der Waals surface area contributed by atoms with Gasteiger partial charge in [0.15, 0.2) is 0 Å². The molecule has 1 unspecified atom stereocenters. The Bertz CT molecular complexity index is 219. The molecule has 0 amide bonds. The van der Waals surface area contributed by atoms with E-state index in [9.17, 15) is 0 Å². The van der Waals surface area contributed by atoms with Crippen molar-refractivity contribution in [1.82, 2.24) is 0 Å². The molecule has 1 atom stereocenters. The minimum atomic E-state index is -0.667. The van der Waals surface area contributed by atoms with Crippen LogP contribution in [0.4, 0.5) is 0 Å². The zero-order chi connectivity index (χ0) is 3.58. The van der Waals surface area contributed by atoms with Gasteiger partial charge in [0.05, 0.1) is 0 Å². The van der Waals surface area contributed by atoms with Crippen LogP contribution in [-0.4, -0.2) is 0 Å². The van der Waals surface area contributed by atoms with E-state index in [1.807, 2.05) is 0 Å². The molecule has 0 aromatic heterocycles. The maximum atomic E-state index is 3.78. The maximum absolute atomic E-state index is 3.78. The zero-order valence-electron chi connectivity index (χ0n) is 2.40. The molecule has 0 rings (SSSR count). The predicted octanol–water partition coefficient (Wildman–Crippen LogP) is 2.64. The SMILES string of the molecule is P.[P]#[Fe](#[P])#[P]. The molecule has 0 heterocycles. The molecule has 0 aliphatic carbocycles. The topological polar surface area (TPSA) is 0 Å². The van der Waals surface area contributed by atoms with Crippen LogP contribution in [0.15, 0.2) is 0 Å². The molecule has 0 spiro atoms. The molecule has 0 aromatic carbocycles. The summed E-state index contributed by atoms with van der Waals surface area (Å²) in [5, 5.41) is 0. The first-order chi connectivity index (χ1) is 1.73. The van der Waals surface area contributed by atoms with Crippen LogP contribution in [0.2, 0.25) is 0 Å². The summed E-state index contributed by atoms with van der Waals surface area (Å²) >= 11 is 0. The molecule has 0 radical (unpaired) electrons. The van der Waals surface area contributed by atoms with Crippen LogP contribution in [0.3, 0.4) is 0 Å². The molecule has 0 nitrogen and oxygen atoms in total. The van der Waals surface area contributed by atoms with Gasteiger partial charge in [0.25, 0.3) is 0 Å². The Balaban J connectivity index is 0. The molecule has 0 bridgehead atoms. The van der Waals surface area contributed by atoms with Gasteiger partial charge in [-0.2, -0.15) is 9.90 Å². The van der Waals surface area contributed by atoms with Crippen LogP contribution < -0.4 is 0 Å². The fourth-order valence-corrected chi connectivity index (χ4v) is 0. The fourth-order valence-electron chi connectivity index (χ4n) is 0. The van der Waals surface area contributed by atoms with Gasteiger partial charge in [0.1, 0.15) is 0 Å². The standard InChI is InChI=1S/Fe.H3P.3P/h;1H3;;;. The average molecular weight is 183 g/mol. The number of rotatable bonds is 0. The summed E-state index contributed by atoms with van der Waals surface area (Å²) in [5.41, 5.74) is 0. The normalized spacial score (nSPS) is 4.20. The van der Waals surface area contributed by atoms with E-state index < -0.39 is 10.5 Å². The summed E-state index contributed by atoms with van der Waals surface area (Å²) in [5.74, 6) is 0. The second-order valence-electron chi connectivity index (χ2n) is 0.212. The summed E-state index contributed by atoms with van der Waals surface area (Å²) in [6.45, 7) is 0. The summed E-state index contributed by atoms with van der Waals surface area (Å²) < 4.78 is 0. The van der Waals surface area contributed by atoms with E-state index in [0.29, 0.717) is 0 Å². The quantitative estimate of drug-likeness (QED) is 0.399. The van der Waals surface area contributed by atoms with Crippen molar-refractivity contribution < 1.29 is 10.5 Å². The molecular formula is H3FeP4. The summed E-state index contributed by atoms with van der Waals surface area (Å²) in [4.78, 5) is 0. The van der Waals surface area contributed by atoms with Gasteiger partial charge in [-0.1, -0.05) is 0 Å². The van der Waals surface area contributed by atoms with Crippen LogP contribution in [-0.2, 0) is 10.5 Å². The Kier molecular flexibility index (Phi) is 12.8. The molecule has 31 valence electrons. The molecule has 5 heteroatoms. The Labute approximate surface area is 42.5 Å². The number of hydrogen-bond acceptors (Lipinski definition) is 0. The van der Waals surface area contributed by atoms with Gasteiger partial charge in [-0.05, 0) is 0 Å². The van der Waals surface area contributed by atoms with Crippen molar-refractivity contribution in [3.05, 3.63) is 0 Å². The van der Waals surface area contributed by atoms with Gasteiger partial charge in [0, 0.05) is 0 Å². The Morgan fingerprint density at radius 3 is 1.00 bits per heavy atom. The predicted molar refractivity (Wildman–Crippen MR) is 31.9 cm³/mol. The summed E-state index contributed by atoms with van der Waals surface area (Å²) in [6.07, 6.45) is 0. The van der Waals surface area contributed by atoms with Gasteiger partial charge in [-0.25, -0.2) is 0 Å². The van der Waals surface area contributed by atoms with E-state index in [4.69, 9.17) is 0 Å². The molecule has 5 heavy (non-hydrogen) atoms. The molecule has 0 aromatic rings. The van der Waals surface area contributed by atoms with E-state index in [1.54, 1.807) is 0 Å². The van der Waals surface area contributed by atoms with Crippen LogP contribution in [0.1, 0.15) is 0 Å². The Morgan fingerprint density at radius 2 is 1.00 bits per heavy atom. The zero-order valence-corrected chi connectivity index (χ0v) is 7.60. The van der Waals surface area contributed by atoms with Crippen LogP contribution >= 0.6 is 31.7 Å². The van der Waals surface area contributed by atoms with E-state index in [1.165, 1.54) is 0 Å². The Hall–Kier alpha value is 2.24. The van der Waals surface area contributed by atoms with Gasteiger partial charge >= 0.3 is 32.3 Å². The first-order valence-electron chi connectivity index (χ1n) is 0.474. The molecule has 0 N–H and O–H groups in total. The second kappa shape index (κ2) is 6.24. The van der Waals surface area contributed by atoms with Crippen LogP contribution in [0, 0.1) is 0 Å². The summed E-state index contributed by atoms with van der Waals surface area (Å²) in [6, 6.07) is 0. The fraction of sp³-hybridized carbons (Fsp3) is 0. The average Bonchev–Trinajstić information content (AvgIpc) is 0.811. The van der Waals surface area contributed by atoms with Crippen LogP contribution in [0.5, 0.6) is 0 Å². The third kappa shape index (κ3) is 22.4. The first kappa shape index (κ1) is 10.3. The number of hydrogen-bond donors (Lipinski definition) is 0. The van der Waals surface area contributed by atoms with Crippen molar-refractivity contribution in [3.63, 3.8) is 0 Å². The van der Waals surface area contributed by atoms with Gasteiger partial charge in [0.2, 0.25) is 0 Å². The van der Waals surface area contributed by atoms with Crippen LogP contribution in [0.25, 0.3) is 0 Å². The molecule has 0 saturated carbocycles. The van der Waals surface area contributed by atoms with Crippen molar-refractivity contribution in [2.45, 2.75) is 0 Å². The van der Waals surface area contributed by atoms with E-state index in [-0.39, 0.29) is 9.90 Å². The van der Waals surface area contributed by atoms with Gasteiger partial charge in [-0.15, -0.1) is 0 Å². The van der Waals surface area contributed by atoms with Crippen molar-refractivity contribution >= 4 is 31.7 Å². The second-order valence-corrected chi connectivity index (χ2v) is 7.87. The monoisotopic (exact) mass is 183 g/mol. The van der Waals surface area contributed by atoms with E-state index in [0.717, 1.165) is 0 Å². The summed E-state index contributed by atoms with van der Waals surface area (Å²) in [7, 11) is 10.7. The van der Waals surface area contributed by atoms with Crippen molar-refractivity contribution in [3.8, 4) is 0 Å². The van der Waals surface area contributed by atoms with Crippen molar-refractivity contribution in [2.24, 2.45) is 0 Å². The molecule has 0 saturated heterocycles. The third-order valence-electron chi connectivity index (χ3n) is 0. The van der Waals surface area contributed by atoms with Crippen molar-refractivity contribution in [1.29, 1.82) is 0 Å². The van der Waals surface area contributed by atoms with Gasteiger partial charge < -0.3 is 0 Å². The van der Waals surface area contributed by atoms with E-state index in [2.05, 4.69) is 21.8 Å². The first-order valence-corrected chi connectivity index (χ1v) is 5.87. The molecule has 0 fully saturated rings.